The maximum Gasteiger partial charge on any atom is 0.410 e. The smallest absolute Gasteiger partial charge is 0.410 e. The van der Waals surface area contributed by atoms with Crippen molar-refractivity contribution in [3.63, 3.8) is 0 Å². The molecule has 1 saturated carbocycles. The largest absolute Gasteiger partial charge is 0.444 e. The predicted octanol–water partition coefficient (Wildman–Crippen LogP) is 2.37. The van der Waals surface area contributed by atoms with Crippen LogP contribution in [0.3, 0.4) is 0 Å². The van der Waals surface area contributed by atoms with E-state index in [-0.39, 0.29) is 6.09 Å². The number of nitrogens with two attached hydrogens (primary N) is 1. The van der Waals surface area contributed by atoms with Crippen LogP contribution in [0.1, 0.15) is 46.5 Å². The summed E-state index contributed by atoms with van der Waals surface area (Å²) in [6.45, 7) is 7.31. The van der Waals surface area contributed by atoms with E-state index in [0.717, 1.165) is 25.9 Å². The van der Waals surface area contributed by atoms with Crippen molar-refractivity contribution in [3.05, 3.63) is 0 Å². The van der Waals surface area contributed by atoms with Crippen LogP contribution in [0.25, 0.3) is 0 Å². The summed E-state index contributed by atoms with van der Waals surface area (Å²) in [5.41, 5.74) is 5.37. The number of hydrogen-bond donors (Lipinski definition) is 1. The molecule has 1 aliphatic heterocycles. The van der Waals surface area contributed by atoms with E-state index >= 15 is 0 Å². The molecule has 0 bridgehead atoms. The summed E-state index contributed by atoms with van der Waals surface area (Å²) < 4.78 is 5.51. The lowest BCUT2D eigenvalue weighted by atomic mass is 9.89. The van der Waals surface area contributed by atoms with E-state index < -0.39 is 5.60 Å². The Morgan fingerprint density at radius 2 is 2.00 bits per heavy atom. The number of likely N-dealkylation sites (tertiary alicyclic amines) is 1. The zero-order valence-electron chi connectivity index (χ0n) is 11.8. The average molecular weight is 254 g/mol. The van der Waals surface area contributed by atoms with Crippen LogP contribution >= 0.6 is 0 Å². The highest BCUT2D eigenvalue weighted by Crippen LogP contribution is 2.41. The number of hydrogen-bond acceptors (Lipinski definition) is 3. The Hall–Kier alpha value is -0.770. The number of nitrogens with zero attached hydrogens (tertiary/aromatic N) is 1. The minimum absolute atomic E-state index is 0.144. The van der Waals surface area contributed by atoms with Crippen molar-refractivity contribution in [1.29, 1.82) is 0 Å². The van der Waals surface area contributed by atoms with E-state index in [1.165, 1.54) is 12.8 Å². The molecule has 1 aliphatic carbocycles. The molecule has 4 heteroatoms. The third kappa shape index (κ3) is 3.37. The molecule has 18 heavy (non-hydrogen) atoms. The molecule has 2 aliphatic rings. The number of carbonyl (C=O) groups excluding carboxylic acids is 1. The Labute approximate surface area is 110 Å². The lowest BCUT2D eigenvalue weighted by Crippen LogP contribution is -2.50. The van der Waals surface area contributed by atoms with Crippen LogP contribution in [-0.2, 0) is 4.74 Å². The molecule has 2 atom stereocenters. The summed E-state index contributed by atoms with van der Waals surface area (Å²) in [4.78, 5) is 14.2. The van der Waals surface area contributed by atoms with Gasteiger partial charge in [0.1, 0.15) is 5.60 Å². The summed E-state index contributed by atoms with van der Waals surface area (Å²) in [5.74, 6) is 1.26. The molecule has 104 valence electrons. The molecule has 1 amide bonds. The second kappa shape index (κ2) is 5.08. The molecule has 2 fully saturated rings. The summed E-state index contributed by atoms with van der Waals surface area (Å²) in [6.07, 6.45) is 4.43. The topological polar surface area (TPSA) is 55.6 Å². The van der Waals surface area contributed by atoms with E-state index in [1.807, 2.05) is 25.7 Å². The average Bonchev–Trinajstić information content (AvgIpc) is 3.09. The van der Waals surface area contributed by atoms with E-state index in [2.05, 4.69) is 0 Å². The normalized spacial score (nSPS) is 29.2. The highest BCUT2D eigenvalue weighted by atomic mass is 16.6. The first kappa shape index (κ1) is 13.7. The van der Waals surface area contributed by atoms with Gasteiger partial charge in [0.25, 0.3) is 0 Å². The summed E-state index contributed by atoms with van der Waals surface area (Å²) >= 11 is 0. The van der Waals surface area contributed by atoms with Crippen LogP contribution in [0.5, 0.6) is 0 Å². The molecule has 0 aromatic heterocycles. The zero-order valence-corrected chi connectivity index (χ0v) is 11.8. The molecule has 2 N–H and O–H groups in total. The monoisotopic (exact) mass is 254 g/mol. The third-order valence-corrected chi connectivity index (χ3v) is 3.88. The van der Waals surface area contributed by atoms with Gasteiger partial charge in [-0.2, -0.15) is 0 Å². The van der Waals surface area contributed by atoms with Gasteiger partial charge in [-0.3, -0.25) is 0 Å². The molecule has 2 rings (SSSR count). The van der Waals surface area contributed by atoms with Gasteiger partial charge in [-0.15, -0.1) is 0 Å². The van der Waals surface area contributed by atoms with Crippen molar-refractivity contribution >= 4 is 6.09 Å². The van der Waals surface area contributed by atoms with Crippen molar-refractivity contribution in [2.24, 2.45) is 17.6 Å². The van der Waals surface area contributed by atoms with Gasteiger partial charge < -0.3 is 15.4 Å². The minimum atomic E-state index is -0.407. The Balaban J connectivity index is 1.99. The third-order valence-electron chi connectivity index (χ3n) is 3.88. The van der Waals surface area contributed by atoms with Crippen molar-refractivity contribution in [3.8, 4) is 0 Å². The van der Waals surface area contributed by atoms with Crippen molar-refractivity contribution in [1.82, 2.24) is 4.90 Å². The molecular formula is C14H26N2O2. The quantitative estimate of drug-likeness (QED) is 0.823. The van der Waals surface area contributed by atoms with Crippen molar-refractivity contribution in [2.45, 2.75) is 58.1 Å². The van der Waals surface area contributed by atoms with Gasteiger partial charge in [0.05, 0.1) is 0 Å². The Morgan fingerprint density at radius 1 is 1.33 bits per heavy atom. The predicted molar refractivity (Wildman–Crippen MR) is 71.2 cm³/mol. The molecule has 4 nitrogen and oxygen atoms in total. The first-order valence-corrected chi connectivity index (χ1v) is 7.10. The molecule has 0 spiro atoms. The number of amides is 1. The highest BCUT2D eigenvalue weighted by Gasteiger charge is 2.42. The van der Waals surface area contributed by atoms with Crippen molar-refractivity contribution < 1.29 is 9.53 Å². The standard InChI is InChI=1S/C14H26N2O2/c1-14(2,3)18-13(17)16-7-6-10(9-15)8-12(16)11-4-5-11/h10-12H,4-9,15H2,1-3H3. The Morgan fingerprint density at radius 3 is 2.50 bits per heavy atom. The van der Waals surface area contributed by atoms with Gasteiger partial charge >= 0.3 is 6.09 Å². The van der Waals surface area contributed by atoms with Gasteiger partial charge in [0.2, 0.25) is 0 Å². The van der Waals surface area contributed by atoms with Crippen LogP contribution in [0.2, 0.25) is 0 Å². The van der Waals surface area contributed by atoms with Gasteiger partial charge in [-0.05, 0) is 64.8 Å². The van der Waals surface area contributed by atoms with E-state index in [4.69, 9.17) is 10.5 Å². The molecule has 0 aromatic carbocycles. The fourth-order valence-electron chi connectivity index (χ4n) is 2.76. The van der Waals surface area contributed by atoms with Crippen LogP contribution in [-0.4, -0.2) is 35.7 Å². The van der Waals surface area contributed by atoms with Gasteiger partial charge in [-0.25, -0.2) is 4.79 Å². The lowest BCUT2D eigenvalue weighted by molar-refractivity contribution is 0.00178. The number of rotatable bonds is 2. The van der Waals surface area contributed by atoms with E-state index in [0.29, 0.717) is 17.9 Å². The second-order valence-corrected chi connectivity index (χ2v) is 6.70. The molecule has 0 aromatic rings. The van der Waals surface area contributed by atoms with Crippen LogP contribution in [0.15, 0.2) is 0 Å². The number of piperidine rings is 1. The fraction of sp³-hybridized carbons (Fsp3) is 0.929. The van der Waals surface area contributed by atoms with E-state index in [9.17, 15) is 4.79 Å². The summed E-state index contributed by atoms with van der Waals surface area (Å²) in [5, 5.41) is 0. The number of carbonyl (C=O) groups is 1. The van der Waals surface area contributed by atoms with Gasteiger partial charge in [0, 0.05) is 12.6 Å². The molecule has 1 heterocycles. The zero-order chi connectivity index (χ0) is 13.3. The Kier molecular flexibility index (Phi) is 3.85. The maximum absolute atomic E-state index is 12.2. The SMILES string of the molecule is CC(C)(C)OC(=O)N1CCC(CN)CC1C1CC1. The first-order valence-electron chi connectivity index (χ1n) is 7.10. The van der Waals surface area contributed by atoms with E-state index in [1.54, 1.807) is 0 Å². The summed E-state index contributed by atoms with van der Waals surface area (Å²) in [7, 11) is 0. The molecular weight excluding hydrogens is 228 g/mol. The Bertz CT molecular complexity index is 307. The van der Waals surface area contributed by atoms with Crippen LogP contribution in [0.4, 0.5) is 4.79 Å². The second-order valence-electron chi connectivity index (χ2n) is 6.70. The van der Waals surface area contributed by atoms with Crippen molar-refractivity contribution in [2.75, 3.05) is 13.1 Å². The summed E-state index contributed by atoms with van der Waals surface area (Å²) in [6, 6.07) is 0.363. The molecule has 2 unspecified atom stereocenters. The highest BCUT2D eigenvalue weighted by molar-refractivity contribution is 5.68. The lowest BCUT2D eigenvalue weighted by Gasteiger charge is -2.40. The molecule has 1 saturated heterocycles. The van der Waals surface area contributed by atoms with Crippen LogP contribution in [0, 0.1) is 11.8 Å². The minimum Gasteiger partial charge on any atom is -0.444 e. The van der Waals surface area contributed by atoms with Gasteiger partial charge in [-0.1, -0.05) is 0 Å². The van der Waals surface area contributed by atoms with Crippen LogP contribution < -0.4 is 5.73 Å². The fourth-order valence-corrected chi connectivity index (χ4v) is 2.76. The number of ether oxygens (including phenoxy) is 1. The first-order chi connectivity index (χ1) is 8.40. The maximum atomic E-state index is 12.2. The molecule has 0 radical (unpaired) electrons. The van der Waals surface area contributed by atoms with Gasteiger partial charge in [0.15, 0.2) is 0 Å².